The fraction of sp³-hybridized carbons (Fsp3) is 0.692. The van der Waals surface area contributed by atoms with Gasteiger partial charge in [-0.25, -0.2) is 4.68 Å². The number of anilines is 1. The summed E-state index contributed by atoms with van der Waals surface area (Å²) < 4.78 is 1.48. The number of carbonyl (C=O) groups is 1. The molecular weight excluding hydrogens is 276 g/mol. The zero-order valence-electron chi connectivity index (χ0n) is 12.9. The van der Waals surface area contributed by atoms with Crippen molar-refractivity contribution in [3.8, 4) is 0 Å². The lowest BCUT2D eigenvalue weighted by Gasteiger charge is -2.28. The molecule has 0 fully saturated rings. The van der Waals surface area contributed by atoms with Crippen LogP contribution in [-0.2, 0) is 18.3 Å². The van der Waals surface area contributed by atoms with Crippen molar-refractivity contribution in [2.75, 3.05) is 11.4 Å². The summed E-state index contributed by atoms with van der Waals surface area (Å²) >= 11 is 0. The third-order valence-corrected chi connectivity index (χ3v) is 3.35. The molecule has 1 unspecified atom stereocenters. The van der Waals surface area contributed by atoms with Crippen molar-refractivity contribution in [1.29, 1.82) is 0 Å². The van der Waals surface area contributed by atoms with Crippen molar-refractivity contribution in [3.63, 3.8) is 0 Å². The van der Waals surface area contributed by atoms with Crippen molar-refractivity contribution in [2.24, 2.45) is 7.05 Å². The van der Waals surface area contributed by atoms with E-state index in [1.165, 1.54) is 4.68 Å². The lowest BCUT2D eigenvalue weighted by molar-refractivity contribution is -0.384. The van der Waals surface area contributed by atoms with Crippen LogP contribution in [0.25, 0.3) is 0 Å². The van der Waals surface area contributed by atoms with Crippen LogP contribution < -0.4 is 4.90 Å². The van der Waals surface area contributed by atoms with Gasteiger partial charge in [-0.15, -0.1) is 0 Å². The number of hydrogen-bond donors (Lipinski definition) is 1. The molecule has 0 amide bonds. The highest BCUT2D eigenvalue weighted by atomic mass is 16.6. The molecule has 0 saturated heterocycles. The molecule has 21 heavy (non-hydrogen) atoms. The topological polar surface area (TPSA) is 102 Å². The van der Waals surface area contributed by atoms with Crippen molar-refractivity contribution in [2.45, 2.75) is 46.1 Å². The molecule has 1 rings (SSSR count). The maximum atomic E-state index is 11.4. The Balaban J connectivity index is 3.31. The van der Waals surface area contributed by atoms with Gasteiger partial charge in [0.2, 0.25) is 5.82 Å². The molecule has 1 aromatic heterocycles. The minimum absolute atomic E-state index is 0.0153. The molecular formula is C13H22N4O4. The highest BCUT2D eigenvalue weighted by molar-refractivity contribution is 5.69. The maximum absolute atomic E-state index is 11.4. The quantitative estimate of drug-likeness (QED) is 0.581. The average molecular weight is 298 g/mol. The summed E-state index contributed by atoms with van der Waals surface area (Å²) in [7, 11) is 1.65. The predicted molar refractivity (Wildman–Crippen MR) is 78.6 cm³/mol. The second kappa shape index (κ2) is 7.05. The van der Waals surface area contributed by atoms with Crippen LogP contribution in [0.4, 0.5) is 11.5 Å². The molecule has 0 aliphatic heterocycles. The molecule has 1 atom stereocenters. The first-order chi connectivity index (χ1) is 9.83. The molecule has 8 nitrogen and oxygen atoms in total. The van der Waals surface area contributed by atoms with Crippen LogP contribution in [0.15, 0.2) is 0 Å². The third-order valence-electron chi connectivity index (χ3n) is 3.35. The standard InChI is InChI=1S/C13H22N4O4/c1-5-7-10-12(17(20)21)13(15(4)14-10)16(6-2)9(3)8-11(18)19/h9H,5-8H2,1-4H3,(H,18,19). The SMILES string of the molecule is CCCc1nn(C)c(N(CC)C(C)CC(=O)O)c1[N+](=O)[O-]. The summed E-state index contributed by atoms with van der Waals surface area (Å²) in [5.74, 6) is -0.556. The Bertz CT molecular complexity index is 526. The van der Waals surface area contributed by atoms with Gasteiger partial charge in [-0.2, -0.15) is 5.10 Å². The number of nitrogens with zero attached hydrogens (tertiary/aromatic N) is 4. The number of nitro groups is 1. The van der Waals surface area contributed by atoms with Crippen LogP contribution in [0.3, 0.4) is 0 Å². The molecule has 1 aromatic rings. The monoisotopic (exact) mass is 298 g/mol. The summed E-state index contributed by atoms with van der Waals surface area (Å²) in [4.78, 5) is 23.6. The van der Waals surface area contributed by atoms with Crippen LogP contribution in [0.2, 0.25) is 0 Å². The minimum atomic E-state index is -0.931. The Hall–Kier alpha value is -2.12. The number of aromatic nitrogens is 2. The highest BCUT2D eigenvalue weighted by Crippen LogP contribution is 2.33. The Labute approximate surface area is 123 Å². The van der Waals surface area contributed by atoms with E-state index in [9.17, 15) is 14.9 Å². The van der Waals surface area contributed by atoms with Crippen LogP contribution in [-0.4, -0.2) is 38.4 Å². The number of aliphatic carboxylic acids is 1. The van der Waals surface area contributed by atoms with Crippen molar-refractivity contribution in [1.82, 2.24) is 9.78 Å². The first-order valence-electron chi connectivity index (χ1n) is 7.02. The Morgan fingerprint density at radius 3 is 2.57 bits per heavy atom. The second-order valence-corrected chi connectivity index (χ2v) is 4.98. The molecule has 0 radical (unpaired) electrons. The number of rotatable bonds is 8. The summed E-state index contributed by atoms with van der Waals surface area (Å²) in [6.45, 7) is 5.99. The van der Waals surface area contributed by atoms with Gasteiger partial charge in [0.15, 0.2) is 0 Å². The summed E-state index contributed by atoms with van der Waals surface area (Å²) in [6.07, 6.45) is 1.20. The Morgan fingerprint density at radius 2 is 2.14 bits per heavy atom. The van der Waals surface area contributed by atoms with Gasteiger partial charge in [0.1, 0.15) is 5.69 Å². The zero-order valence-corrected chi connectivity index (χ0v) is 12.9. The first kappa shape index (κ1) is 16.9. The fourth-order valence-electron chi connectivity index (χ4n) is 2.51. The largest absolute Gasteiger partial charge is 0.481 e. The number of aryl methyl sites for hydroxylation is 2. The molecule has 0 bridgehead atoms. The maximum Gasteiger partial charge on any atom is 0.334 e. The lowest BCUT2D eigenvalue weighted by atomic mass is 10.1. The molecule has 0 aliphatic carbocycles. The van der Waals surface area contributed by atoms with Crippen LogP contribution in [0, 0.1) is 10.1 Å². The molecule has 8 heteroatoms. The number of hydrogen-bond acceptors (Lipinski definition) is 5. The van der Waals surface area contributed by atoms with Gasteiger partial charge in [0.05, 0.1) is 11.3 Å². The minimum Gasteiger partial charge on any atom is -0.481 e. The van der Waals surface area contributed by atoms with E-state index >= 15 is 0 Å². The summed E-state index contributed by atoms with van der Waals surface area (Å²) in [6, 6.07) is -0.351. The fourth-order valence-corrected chi connectivity index (χ4v) is 2.51. The molecule has 0 aromatic carbocycles. The molecule has 1 N–H and O–H groups in total. The summed E-state index contributed by atoms with van der Waals surface area (Å²) in [5.41, 5.74) is 0.430. The van der Waals surface area contributed by atoms with Gasteiger partial charge >= 0.3 is 11.7 Å². The van der Waals surface area contributed by atoms with E-state index in [-0.39, 0.29) is 18.2 Å². The van der Waals surface area contributed by atoms with E-state index in [4.69, 9.17) is 5.11 Å². The van der Waals surface area contributed by atoms with E-state index in [1.807, 2.05) is 13.8 Å². The van der Waals surface area contributed by atoms with Crippen molar-refractivity contribution < 1.29 is 14.8 Å². The van der Waals surface area contributed by atoms with E-state index in [0.717, 1.165) is 6.42 Å². The normalized spacial score (nSPS) is 12.2. The van der Waals surface area contributed by atoms with Gasteiger partial charge in [0, 0.05) is 19.6 Å². The molecule has 0 saturated carbocycles. The van der Waals surface area contributed by atoms with Gasteiger partial charge in [-0.05, 0) is 20.3 Å². The van der Waals surface area contributed by atoms with Gasteiger partial charge in [0.25, 0.3) is 0 Å². The number of carboxylic acid groups (broad SMARTS) is 1. The predicted octanol–water partition coefficient (Wildman–Crippen LogP) is 1.97. The van der Waals surface area contributed by atoms with Crippen LogP contribution in [0.1, 0.15) is 39.3 Å². The first-order valence-corrected chi connectivity index (χ1v) is 7.02. The molecule has 1 heterocycles. The second-order valence-electron chi connectivity index (χ2n) is 4.98. The zero-order chi connectivity index (χ0) is 16.2. The van der Waals surface area contributed by atoms with Crippen LogP contribution >= 0.6 is 0 Å². The smallest absolute Gasteiger partial charge is 0.334 e. The van der Waals surface area contributed by atoms with Gasteiger partial charge in [-0.1, -0.05) is 13.3 Å². The van der Waals surface area contributed by atoms with E-state index in [1.54, 1.807) is 18.9 Å². The average Bonchev–Trinajstić information content (AvgIpc) is 2.67. The molecule has 0 spiro atoms. The van der Waals surface area contributed by atoms with E-state index < -0.39 is 10.9 Å². The summed E-state index contributed by atoms with van der Waals surface area (Å²) in [5, 5.41) is 24.6. The molecule has 118 valence electrons. The van der Waals surface area contributed by atoms with Crippen molar-refractivity contribution >= 4 is 17.5 Å². The number of carboxylic acids is 1. The molecule has 0 aliphatic rings. The Kier molecular flexibility index (Phi) is 5.69. The van der Waals surface area contributed by atoms with E-state index in [0.29, 0.717) is 24.5 Å². The van der Waals surface area contributed by atoms with Crippen LogP contribution in [0.5, 0.6) is 0 Å². The highest BCUT2D eigenvalue weighted by Gasteiger charge is 2.31. The Morgan fingerprint density at radius 1 is 1.52 bits per heavy atom. The van der Waals surface area contributed by atoms with E-state index in [2.05, 4.69) is 5.10 Å². The third kappa shape index (κ3) is 3.71. The van der Waals surface area contributed by atoms with Crippen molar-refractivity contribution in [3.05, 3.63) is 15.8 Å². The van der Waals surface area contributed by atoms with Gasteiger partial charge in [-0.3, -0.25) is 14.9 Å². The lowest BCUT2D eigenvalue weighted by Crippen LogP contribution is -2.36. The van der Waals surface area contributed by atoms with Gasteiger partial charge < -0.3 is 10.0 Å².